The molecule has 0 radical (unpaired) electrons. The third kappa shape index (κ3) is 2.63. The first-order valence-electron chi connectivity index (χ1n) is 5.63. The van der Waals surface area contributed by atoms with Gasteiger partial charge in [0.15, 0.2) is 0 Å². The van der Waals surface area contributed by atoms with Gasteiger partial charge < -0.3 is 9.73 Å². The van der Waals surface area contributed by atoms with Gasteiger partial charge in [-0.3, -0.25) is 0 Å². The molecule has 2 heterocycles. The molecule has 0 saturated carbocycles. The summed E-state index contributed by atoms with van der Waals surface area (Å²) in [6, 6.07) is 0.532. The summed E-state index contributed by atoms with van der Waals surface area (Å²) < 4.78 is 5.41. The number of hydrogen-bond acceptors (Lipinski definition) is 6. The predicted octanol–water partition coefficient (Wildman–Crippen LogP) is 2.88. The number of hydrogen-bond donors (Lipinski definition) is 1. The van der Waals surface area contributed by atoms with Gasteiger partial charge in [-0.2, -0.15) is 0 Å². The van der Waals surface area contributed by atoms with Gasteiger partial charge in [0.05, 0.1) is 16.7 Å². The van der Waals surface area contributed by atoms with E-state index in [-0.39, 0.29) is 6.04 Å². The van der Waals surface area contributed by atoms with Crippen LogP contribution in [0.3, 0.4) is 0 Å². The standard InChI is InChI=1S/C11H16N4OS/c1-5-9-14-15-11(16-9)12-6(2)10-7(3)17-8(4)13-10/h6H,5H2,1-4H3,(H,12,15). The summed E-state index contributed by atoms with van der Waals surface area (Å²) in [5.41, 5.74) is 1.05. The van der Waals surface area contributed by atoms with Crippen molar-refractivity contribution in [2.45, 2.75) is 40.2 Å². The van der Waals surface area contributed by atoms with Gasteiger partial charge in [0.2, 0.25) is 5.89 Å². The SMILES string of the molecule is CCc1nnc(NC(C)c2nc(C)sc2C)o1. The summed E-state index contributed by atoms with van der Waals surface area (Å²) >= 11 is 1.70. The molecular formula is C11H16N4OS. The highest BCUT2D eigenvalue weighted by Gasteiger charge is 2.15. The largest absolute Gasteiger partial charge is 0.408 e. The smallest absolute Gasteiger partial charge is 0.315 e. The summed E-state index contributed by atoms with van der Waals surface area (Å²) in [5, 5.41) is 12.1. The molecule has 2 aromatic heterocycles. The van der Waals surface area contributed by atoms with Gasteiger partial charge in [-0.25, -0.2) is 4.98 Å². The van der Waals surface area contributed by atoms with Crippen molar-refractivity contribution in [2.24, 2.45) is 0 Å². The van der Waals surface area contributed by atoms with Crippen molar-refractivity contribution in [3.63, 3.8) is 0 Å². The van der Waals surface area contributed by atoms with E-state index in [1.165, 1.54) is 4.88 Å². The Bertz CT molecular complexity index is 505. The Labute approximate surface area is 104 Å². The Kier molecular flexibility index (Phi) is 3.42. The van der Waals surface area contributed by atoms with Crippen LogP contribution < -0.4 is 5.32 Å². The quantitative estimate of drug-likeness (QED) is 0.906. The van der Waals surface area contributed by atoms with Crippen molar-refractivity contribution in [1.29, 1.82) is 0 Å². The Morgan fingerprint density at radius 1 is 1.35 bits per heavy atom. The lowest BCUT2D eigenvalue weighted by atomic mass is 10.2. The van der Waals surface area contributed by atoms with Crippen molar-refractivity contribution < 1.29 is 4.42 Å². The van der Waals surface area contributed by atoms with Gasteiger partial charge in [-0.05, 0) is 20.8 Å². The fourth-order valence-corrected chi connectivity index (χ4v) is 2.57. The van der Waals surface area contributed by atoms with Crippen LogP contribution in [-0.4, -0.2) is 15.2 Å². The van der Waals surface area contributed by atoms with Crippen LogP contribution in [0.25, 0.3) is 0 Å². The fraction of sp³-hybridized carbons (Fsp3) is 0.545. The second-order valence-electron chi connectivity index (χ2n) is 3.89. The van der Waals surface area contributed by atoms with Crippen molar-refractivity contribution in [1.82, 2.24) is 15.2 Å². The number of nitrogens with one attached hydrogen (secondary N) is 1. The van der Waals surface area contributed by atoms with E-state index < -0.39 is 0 Å². The number of aromatic nitrogens is 3. The molecule has 5 nitrogen and oxygen atoms in total. The minimum absolute atomic E-state index is 0.0742. The van der Waals surface area contributed by atoms with Crippen molar-refractivity contribution in [3.8, 4) is 0 Å². The van der Waals surface area contributed by atoms with Crippen LogP contribution in [0.1, 0.15) is 41.4 Å². The normalized spacial score (nSPS) is 12.7. The third-order valence-electron chi connectivity index (χ3n) is 2.46. The van der Waals surface area contributed by atoms with Crippen molar-refractivity contribution in [2.75, 3.05) is 5.32 Å². The van der Waals surface area contributed by atoms with E-state index in [9.17, 15) is 0 Å². The summed E-state index contributed by atoms with van der Waals surface area (Å²) in [4.78, 5) is 5.72. The third-order valence-corrected chi connectivity index (χ3v) is 3.36. The first-order valence-corrected chi connectivity index (χ1v) is 6.44. The number of thiazole rings is 1. The molecule has 2 aromatic rings. The molecule has 0 fully saturated rings. The predicted molar refractivity (Wildman–Crippen MR) is 67.3 cm³/mol. The van der Waals surface area contributed by atoms with E-state index in [4.69, 9.17) is 4.42 Å². The fourth-order valence-electron chi connectivity index (χ4n) is 1.66. The number of anilines is 1. The van der Waals surface area contributed by atoms with Crippen molar-refractivity contribution in [3.05, 3.63) is 21.5 Å². The molecule has 1 unspecified atom stereocenters. The van der Waals surface area contributed by atoms with Gasteiger partial charge in [-0.15, -0.1) is 16.4 Å². The van der Waals surface area contributed by atoms with Gasteiger partial charge in [0.25, 0.3) is 0 Å². The maximum Gasteiger partial charge on any atom is 0.315 e. The second-order valence-corrected chi connectivity index (χ2v) is 5.30. The average Bonchev–Trinajstić information content (AvgIpc) is 2.85. The topological polar surface area (TPSA) is 63.8 Å². The highest BCUT2D eigenvalue weighted by atomic mass is 32.1. The molecule has 0 aromatic carbocycles. The minimum Gasteiger partial charge on any atom is -0.408 e. The van der Waals surface area contributed by atoms with E-state index in [2.05, 4.69) is 27.4 Å². The molecule has 0 saturated heterocycles. The molecule has 6 heteroatoms. The van der Waals surface area contributed by atoms with E-state index in [0.717, 1.165) is 17.1 Å². The summed E-state index contributed by atoms with van der Waals surface area (Å²) in [7, 11) is 0. The maximum atomic E-state index is 5.41. The number of nitrogens with zero attached hydrogens (tertiary/aromatic N) is 3. The van der Waals surface area contributed by atoms with Crippen LogP contribution in [0.15, 0.2) is 4.42 Å². The first kappa shape index (κ1) is 12.0. The van der Waals surface area contributed by atoms with Crippen LogP contribution in [0.2, 0.25) is 0 Å². The van der Waals surface area contributed by atoms with Gasteiger partial charge in [0.1, 0.15) is 0 Å². The van der Waals surface area contributed by atoms with E-state index >= 15 is 0 Å². The van der Waals surface area contributed by atoms with E-state index in [1.807, 2.05) is 20.8 Å². The second kappa shape index (κ2) is 4.83. The van der Waals surface area contributed by atoms with Crippen molar-refractivity contribution >= 4 is 17.4 Å². The first-order chi connectivity index (χ1) is 8.10. The van der Waals surface area contributed by atoms with Crippen LogP contribution in [0.5, 0.6) is 0 Å². The van der Waals surface area contributed by atoms with Crippen LogP contribution in [-0.2, 0) is 6.42 Å². The average molecular weight is 252 g/mol. The molecule has 17 heavy (non-hydrogen) atoms. The lowest BCUT2D eigenvalue weighted by Crippen LogP contribution is -2.08. The van der Waals surface area contributed by atoms with E-state index in [1.54, 1.807) is 11.3 Å². The molecule has 1 atom stereocenters. The zero-order chi connectivity index (χ0) is 12.4. The molecule has 0 spiro atoms. The molecular weight excluding hydrogens is 236 g/mol. The molecule has 92 valence electrons. The number of aryl methyl sites for hydroxylation is 3. The van der Waals surface area contributed by atoms with Gasteiger partial charge >= 0.3 is 6.01 Å². The van der Waals surface area contributed by atoms with Crippen LogP contribution >= 0.6 is 11.3 Å². The highest BCUT2D eigenvalue weighted by Crippen LogP contribution is 2.25. The van der Waals surface area contributed by atoms with Crippen LogP contribution in [0, 0.1) is 13.8 Å². The molecule has 2 rings (SSSR count). The monoisotopic (exact) mass is 252 g/mol. The number of rotatable bonds is 4. The van der Waals surface area contributed by atoms with Gasteiger partial charge in [-0.1, -0.05) is 12.0 Å². The Morgan fingerprint density at radius 2 is 2.12 bits per heavy atom. The minimum atomic E-state index is 0.0742. The molecule has 0 amide bonds. The lowest BCUT2D eigenvalue weighted by Gasteiger charge is -2.09. The van der Waals surface area contributed by atoms with Gasteiger partial charge in [0, 0.05) is 11.3 Å². The zero-order valence-corrected chi connectivity index (χ0v) is 11.3. The molecule has 1 N–H and O–H groups in total. The molecule has 0 bridgehead atoms. The molecule has 0 aliphatic rings. The molecule has 0 aliphatic heterocycles. The zero-order valence-electron chi connectivity index (χ0n) is 10.4. The highest BCUT2D eigenvalue weighted by molar-refractivity contribution is 7.11. The lowest BCUT2D eigenvalue weighted by molar-refractivity contribution is 0.506. The van der Waals surface area contributed by atoms with Crippen LogP contribution in [0.4, 0.5) is 6.01 Å². The summed E-state index contributed by atoms with van der Waals surface area (Å²) in [5.74, 6) is 0.644. The Morgan fingerprint density at radius 3 is 2.65 bits per heavy atom. The summed E-state index contributed by atoms with van der Waals surface area (Å²) in [6.45, 7) is 8.10. The maximum absolute atomic E-state index is 5.41. The Balaban J connectivity index is 2.11. The Hall–Kier alpha value is -1.43. The molecule has 0 aliphatic carbocycles. The van der Waals surface area contributed by atoms with E-state index in [0.29, 0.717) is 11.9 Å². The summed E-state index contributed by atoms with van der Waals surface area (Å²) in [6.07, 6.45) is 0.748.